The van der Waals surface area contributed by atoms with Gasteiger partial charge in [-0.1, -0.05) is 6.07 Å². The first kappa shape index (κ1) is 12.8. The van der Waals surface area contributed by atoms with Crippen molar-refractivity contribution in [3.8, 4) is 0 Å². The molecular weight excluding hydrogens is 228 g/mol. The molecule has 1 unspecified atom stereocenters. The molecule has 1 aromatic rings. The lowest BCUT2D eigenvalue weighted by molar-refractivity contribution is -0.127. The van der Waals surface area contributed by atoms with Gasteiger partial charge < -0.3 is 15.5 Å². The van der Waals surface area contributed by atoms with E-state index >= 15 is 0 Å². The molecule has 1 aliphatic rings. The van der Waals surface area contributed by atoms with Crippen LogP contribution in [0.2, 0.25) is 0 Å². The molecule has 18 heavy (non-hydrogen) atoms. The van der Waals surface area contributed by atoms with E-state index < -0.39 is 0 Å². The number of hydrogen-bond acceptors (Lipinski definition) is 4. The molecule has 5 nitrogen and oxygen atoms in total. The van der Waals surface area contributed by atoms with Crippen molar-refractivity contribution >= 4 is 11.7 Å². The van der Waals surface area contributed by atoms with Gasteiger partial charge in [0, 0.05) is 32.4 Å². The number of nitrogens with two attached hydrogens (primary N) is 1. The molecule has 98 valence electrons. The highest BCUT2D eigenvalue weighted by Gasteiger charge is 2.19. The van der Waals surface area contributed by atoms with Crippen molar-refractivity contribution in [2.75, 3.05) is 31.6 Å². The number of amides is 1. The molecule has 2 rings (SSSR count). The van der Waals surface area contributed by atoms with E-state index in [1.807, 2.05) is 31.0 Å². The van der Waals surface area contributed by atoms with Crippen LogP contribution < -0.4 is 10.6 Å². The van der Waals surface area contributed by atoms with E-state index in [0.29, 0.717) is 6.54 Å². The normalized spacial score (nSPS) is 18.7. The number of pyridine rings is 1. The van der Waals surface area contributed by atoms with Crippen LogP contribution in [0.5, 0.6) is 0 Å². The minimum Gasteiger partial charge on any atom is -0.347 e. The van der Waals surface area contributed by atoms with Gasteiger partial charge in [-0.25, -0.2) is 4.98 Å². The lowest BCUT2D eigenvalue weighted by Crippen LogP contribution is -2.34. The molecule has 2 N–H and O–H groups in total. The summed E-state index contributed by atoms with van der Waals surface area (Å²) in [5.74, 6) is 0.994. The first-order valence-corrected chi connectivity index (χ1v) is 6.28. The summed E-state index contributed by atoms with van der Waals surface area (Å²) in [6.45, 7) is 4.01. The molecule has 1 amide bonds. The molecule has 0 radical (unpaired) electrons. The Hall–Kier alpha value is -1.62. The van der Waals surface area contributed by atoms with E-state index in [-0.39, 0.29) is 11.9 Å². The summed E-state index contributed by atoms with van der Waals surface area (Å²) >= 11 is 0. The number of anilines is 1. The van der Waals surface area contributed by atoms with Gasteiger partial charge in [0.15, 0.2) is 0 Å². The van der Waals surface area contributed by atoms with Gasteiger partial charge in [-0.3, -0.25) is 4.79 Å². The van der Waals surface area contributed by atoms with E-state index in [0.717, 1.165) is 30.9 Å². The third kappa shape index (κ3) is 2.79. The van der Waals surface area contributed by atoms with Gasteiger partial charge in [0.05, 0.1) is 6.54 Å². The van der Waals surface area contributed by atoms with Crippen LogP contribution in [0.15, 0.2) is 18.3 Å². The molecule has 0 spiro atoms. The smallest absolute Gasteiger partial charge is 0.241 e. The first-order valence-electron chi connectivity index (χ1n) is 6.28. The molecule has 0 aromatic carbocycles. The van der Waals surface area contributed by atoms with Gasteiger partial charge in [0.1, 0.15) is 5.82 Å². The summed E-state index contributed by atoms with van der Waals surface area (Å²) in [4.78, 5) is 20.0. The second-order valence-corrected chi connectivity index (χ2v) is 4.83. The molecule has 1 fully saturated rings. The van der Waals surface area contributed by atoms with Gasteiger partial charge in [0.25, 0.3) is 0 Å². The summed E-state index contributed by atoms with van der Waals surface area (Å²) < 4.78 is 0. The molecule has 1 atom stereocenters. The van der Waals surface area contributed by atoms with Crippen LogP contribution in [0.4, 0.5) is 5.82 Å². The van der Waals surface area contributed by atoms with Crippen molar-refractivity contribution < 1.29 is 4.79 Å². The standard InChI is InChI=1S/C13H20N4O/c1-10(14)11-4-5-12(15-8-11)17-7-3-6-16(2)13(18)9-17/h4-5,8,10H,3,6-7,9,14H2,1-2H3. The molecule has 0 saturated carbocycles. The summed E-state index contributed by atoms with van der Waals surface area (Å²) in [6.07, 6.45) is 2.76. The van der Waals surface area contributed by atoms with Crippen LogP contribution in [-0.4, -0.2) is 42.5 Å². The minimum atomic E-state index is -0.0107. The topological polar surface area (TPSA) is 62.5 Å². The Kier molecular flexibility index (Phi) is 3.81. The molecule has 1 saturated heterocycles. The summed E-state index contributed by atoms with van der Waals surface area (Å²) in [5, 5.41) is 0. The number of aromatic nitrogens is 1. The summed E-state index contributed by atoms with van der Waals surface area (Å²) in [6, 6.07) is 3.91. The summed E-state index contributed by atoms with van der Waals surface area (Å²) in [5.41, 5.74) is 6.80. The lowest BCUT2D eigenvalue weighted by atomic mass is 10.1. The number of nitrogens with zero attached hydrogens (tertiary/aromatic N) is 3. The predicted octanol–water partition coefficient (Wildman–Crippen LogP) is 0.770. The maximum Gasteiger partial charge on any atom is 0.241 e. The maximum atomic E-state index is 11.8. The zero-order chi connectivity index (χ0) is 13.1. The molecule has 1 aliphatic heterocycles. The van der Waals surface area contributed by atoms with Crippen LogP contribution in [-0.2, 0) is 4.79 Å². The zero-order valence-electron chi connectivity index (χ0n) is 11.0. The largest absolute Gasteiger partial charge is 0.347 e. The number of carbonyl (C=O) groups is 1. The molecule has 5 heteroatoms. The van der Waals surface area contributed by atoms with Crippen LogP contribution in [0.25, 0.3) is 0 Å². The van der Waals surface area contributed by atoms with Crippen molar-refractivity contribution in [3.63, 3.8) is 0 Å². The highest BCUT2D eigenvalue weighted by molar-refractivity contribution is 5.81. The van der Waals surface area contributed by atoms with Crippen LogP contribution in [0.3, 0.4) is 0 Å². The maximum absolute atomic E-state index is 11.8. The van der Waals surface area contributed by atoms with Gasteiger partial charge in [-0.15, -0.1) is 0 Å². The fourth-order valence-electron chi connectivity index (χ4n) is 2.04. The van der Waals surface area contributed by atoms with Crippen molar-refractivity contribution in [1.29, 1.82) is 0 Å². The average Bonchev–Trinajstić information content (AvgIpc) is 2.52. The second-order valence-electron chi connectivity index (χ2n) is 4.83. The lowest BCUT2D eigenvalue weighted by Gasteiger charge is -2.21. The van der Waals surface area contributed by atoms with Crippen molar-refractivity contribution in [2.24, 2.45) is 5.73 Å². The van der Waals surface area contributed by atoms with Gasteiger partial charge >= 0.3 is 0 Å². The number of rotatable bonds is 2. The fourth-order valence-corrected chi connectivity index (χ4v) is 2.04. The molecule has 0 aliphatic carbocycles. The zero-order valence-corrected chi connectivity index (χ0v) is 11.0. The Morgan fingerprint density at radius 2 is 2.17 bits per heavy atom. The number of carbonyl (C=O) groups excluding carboxylic acids is 1. The van der Waals surface area contributed by atoms with Crippen molar-refractivity contribution in [3.05, 3.63) is 23.9 Å². The molecule has 1 aromatic heterocycles. The SMILES string of the molecule is CC(N)c1ccc(N2CCCN(C)C(=O)C2)nc1. The second kappa shape index (κ2) is 5.35. The Balaban J connectivity index is 2.13. The molecular formula is C13H20N4O. The van der Waals surface area contributed by atoms with Crippen LogP contribution in [0.1, 0.15) is 24.9 Å². The predicted molar refractivity (Wildman–Crippen MR) is 71.3 cm³/mol. The van der Waals surface area contributed by atoms with E-state index in [4.69, 9.17) is 5.73 Å². The van der Waals surface area contributed by atoms with E-state index in [2.05, 4.69) is 4.98 Å². The highest BCUT2D eigenvalue weighted by Crippen LogP contribution is 2.16. The molecule has 2 heterocycles. The van der Waals surface area contributed by atoms with Crippen LogP contribution >= 0.6 is 0 Å². The fraction of sp³-hybridized carbons (Fsp3) is 0.538. The van der Waals surface area contributed by atoms with E-state index in [1.165, 1.54) is 0 Å². The number of likely N-dealkylation sites (N-methyl/N-ethyl adjacent to an activating group) is 1. The Bertz CT molecular complexity index is 416. The van der Waals surface area contributed by atoms with E-state index in [9.17, 15) is 4.79 Å². The van der Waals surface area contributed by atoms with E-state index in [1.54, 1.807) is 11.1 Å². The van der Waals surface area contributed by atoms with Crippen molar-refractivity contribution in [1.82, 2.24) is 9.88 Å². The van der Waals surface area contributed by atoms with Crippen LogP contribution in [0, 0.1) is 0 Å². The number of hydrogen-bond donors (Lipinski definition) is 1. The third-order valence-corrected chi connectivity index (χ3v) is 3.29. The van der Waals surface area contributed by atoms with Gasteiger partial charge in [-0.2, -0.15) is 0 Å². The molecule has 0 bridgehead atoms. The monoisotopic (exact) mass is 248 g/mol. The minimum absolute atomic E-state index is 0.0107. The quantitative estimate of drug-likeness (QED) is 0.839. The first-order chi connectivity index (χ1) is 8.58. The van der Waals surface area contributed by atoms with Gasteiger partial charge in [-0.05, 0) is 25.0 Å². The Morgan fingerprint density at radius 3 is 2.78 bits per heavy atom. The van der Waals surface area contributed by atoms with Gasteiger partial charge in [0.2, 0.25) is 5.91 Å². The Labute approximate surface area is 108 Å². The highest BCUT2D eigenvalue weighted by atomic mass is 16.2. The van der Waals surface area contributed by atoms with Crippen molar-refractivity contribution in [2.45, 2.75) is 19.4 Å². The average molecular weight is 248 g/mol. The Morgan fingerprint density at radius 1 is 1.39 bits per heavy atom. The third-order valence-electron chi connectivity index (χ3n) is 3.29. The summed E-state index contributed by atoms with van der Waals surface area (Å²) in [7, 11) is 1.85.